The van der Waals surface area contributed by atoms with Gasteiger partial charge in [0.15, 0.2) is 5.82 Å². The number of carbonyl (C=O) groups excluding carboxylic acids is 1. The zero-order valence-corrected chi connectivity index (χ0v) is 9.30. The first-order valence-corrected chi connectivity index (χ1v) is 5.05. The summed E-state index contributed by atoms with van der Waals surface area (Å²) in [5.41, 5.74) is 5.55. The number of nitrogens with one attached hydrogen (secondary N) is 1. The molecule has 5 heteroatoms. The molecule has 0 bridgehead atoms. The van der Waals surface area contributed by atoms with Crippen LogP contribution in [0.3, 0.4) is 0 Å². The first kappa shape index (κ1) is 12.7. The summed E-state index contributed by atoms with van der Waals surface area (Å²) in [6, 6.07) is 3.62. The maximum atomic E-state index is 13.4. The van der Waals surface area contributed by atoms with Gasteiger partial charge in [0.2, 0.25) is 5.91 Å². The van der Waals surface area contributed by atoms with Crippen molar-refractivity contribution in [3.05, 3.63) is 41.7 Å². The molecule has 0 aliphatic heterocycles. The van der Waals surface area contributed by atoms with Crippen molar-refractivity contribution >= 4 is 23.2 Å². The third-order valence-electron chi connectivity index (χ3n) is 1.97. The van der Waals surface area contributed by atoms with Crippen molar-refractivity contribution in [2.24, 2.45) is 5.73 Å². The van der Waals surface area contributed by atoms with Crippen molar-refractivity contribution in [2.45, 2.75) is 12.5 Å². The summed E-state index contributed by atoms with van der Waals surface area (Å²) >= 11 is 5.56. The molecule has 0 aliphatic rings. The van der Waals surface area contributed by atoms with Gasteiger partial charge in [-0.25, -0.2) is 4.39 Å². The van der Waals surface area contributed by atoms with E-state index in [0.29, 0.717) is 6.42 Å². The zero-order chi connectivity index (χ0) is 12.1. The number of benzene rings is 1. The van der Waals surface area contributed by atoms with Gasteiger partial charge in [-0.2, -0.15) is 0 Å². The van der Waals surface area contributed by atoms with E-state index in [4.69, 9.17) is 17.3 Å². The maximum Gasteiger partial charge on any atom is 0.241 e. The van der Waals surface area contributed by atoms with Gasteiger partial charge >= 0.3 is 0 Å². The van der Waals surface area contributed by atoms with Gasteiger partial charge in [0.25, 0.3) is 0 Å². The fourth-order valence-electron chi connectivity index (χ4n) is 1.11. The van der Waals surface area contributed by atoms with E-state index in [1.807, 2.05) is 0 Å². The Morgan fingerprint density at radius 1 is 1.69 bits per heavy atom. The number of hydrogen-bond acceptors (Lipinski definition) is 2. The van der Waals surface area contributed by atoms with Gasteiger partial charge in [-0.15, -0.1) is 6.58 Å². The molecule has 1 amide bonds. The molecule has 0 saturated heterocycles. The highest BCUT2D eigenvalue weighted by atomic mass is 35.5. The third kappa shape index (κ3) is 3.05. The third-order valence-corrected chi connectivity index (χ3v) is 2.26. The van der Waals surface area contributed by atoms with Gasteiger partial charge in [-0.05, 0) is 18.6 Å². The van der Waals surface area contributed by atoms with Crippen molar-refractivity contribution in [3.8, 4) is 0 Å². The van der Waals surface area contributed by atoms with E-state index in [-0.39, 0.29) is 10.7 Å². The molecule has 0 saturated carbocycles. The van der Waals surface area contributed by atoms with Gasteiger partial charge in [0.05, 0.1) is 16.8 Å². The van der Waals surface area contributed by atoms with E-state index in [1.165, 1.54) is 18.2 Å². The molecule has 0 radical (unpaired) electrons. The quantitative estimate of drug-likeness (QED) is 0.797. The number of nitrogens with two attached hydrogens (primary N) is 1. The average Bonchev–Trinajstić information content (AvgIpc) is 2.25. The van der Waals surface area contributed by atoms with Crippen molar-refractivity contribution in [2.75, 3.05) is 5.32 Å². The smallest absolute Gasteiger partial charge is 0.241 e. The Kier molecular flexibility index (Phi) is 4.46. The van der Waals surface area contributed by atoms with Crippen LogP contribution in [0.2, 0.25) is 5.02 Å². The average molecular weight is 243 g/mol. The summed E-state index contributed by atoms with van der Waals surface area (Å²) in [5, 5.41) is 2.32. The van der Waals surface area contributed by atoms with Crippen LogP contribution in [-0.2, 0) is 4.79 Å². The van der Waals surface area contributed by atoms with E-state index in [9.17, 15) is 9.18 Å². The number of carbonyl (C=O) groups is 1. The van der Waals surface area contributed by atoms with Gasteiger partial charge in [0, 0.05) is 0 Å². The minimum absolute atomic E-state index is 0.0250. The van der Waals surface area contributed by atoms with Crippen LogP contribution in [-0.4, -0.2) is 11.9 Å². The molecule has 1 atom stereocenters. The van der Waals surface area contributed by atoms with Crippen LogP contribution < -0.4 is 11.1 Å². The molecule has 1 aromatic carbocycles. The summed E-state index contributed by atoms with van der Waals surface area (Å²) < 4.78 is 13.4. The molecule has 1 aromatic rings. The van der Waals surface area contributed by atoms with E-state index >= 15 is 0 Å². The van der Waals surface area contributed by atoms with Crippen molar-refractivity contribution < 1.29 is 9.18 Å². The number of halogens is 2. The highest BCUT2D eigenvalue weighted by Crippen LogP contribution is 2.21. The van der Waals surface area contributed by atoms with E-state index in [1.54, 1.807) is 6.07 Å². The lowest BCUT2D eigenvalue weighted by Crippen LogP contribution is -2.35. The summed E-state index contributed by atoms with van der Waals surface area (Å²) in [4.78, 5) is 11.5. The van der Waals surface area contributed by atoms with Gasteiger partial charge in [-0.3, -0.25) is 4.79 Å². The van der Waals surface area contributed by atoms with Crippen molar-refractivity contribution in [1.29, 1.82) is 0 Å². The molecule has 3 N–H and O–H groups in total. The molecular formula is C11H12ClFN2O. The zero-order valence-electron chi connectivity index (χ0n) is 8.54. The van der Waals surface area contributed by atoms with Gasteiger partial charge < -0.3 is 11.1 Å². The fraction of sp³-hybridized carbons (Fsp3) is 0.182. The first-order chi connectivity index (χ1) is 7.56. The number of hydrogen-bond donors (Lipinski definition) is 2. The van der Waals surface area contributed by atoms with Crippen molar-refractivity contribution in [3.63, 3.8) is 0 Å². The second kappa shape index (κ2) is 5.63. The Labute approximate surface area is 98.1 Å². The lowest BCUT2D eigenvalue weighted by Gasteiger charge is -2.11. The molecule has 3 nitrogen and oxygen atoms in total. The summed E-state index contributed by atoms with van der Waals surface area (Å²) in [7, 11) is 0. The highest BCUT2D eigenvalue weighted by Gasteiger charge is 2.14. The van der Waals surface area contributed by atoms with Crippen LogP contribution >= 0.6 is 11.6 Å². The Morgan fingerprint density at radius 2 is 2.38 bits per heavy atom. The van der Waals surface area contributed by atoms with Crippen LogP contribution in [0.5, 0.6) is 0 Å². The Morgan fingerprint density at radius 3 is 3.00 bits per heavy atom. The van der Waals surface area contributed by atoms with Crippen LogP contribution in [0.1, 0.15) is 6.42 Å². The summed E-state index contributed by atoms with van der Waals surface area (Å²) in [6.45, 7) is 3.47. The largest absolute Gasteiger partial charge is 0.322 e. The minimum Gasteiger partial charge on any atom is -0.322 e. The number of anilines is 1. The maximum absolute atomic E-state index is 13.4. The van der Waals surface area contributed by atoms with Gasteiger partial charge in [0.1, 0.15) is 0 Å². The topological polar surface area (TPSA) is 55.1 Å². The predicted octanol–water partition coefficient (Wildman–Crippen LogP) is 2.32. The second-order valence-corrected chi connectivity index (χ2v) is 3.63. The molecule has 0 aromatic heterocycles. The first-order valence-electron chi connectivity index (χ1n) is 4.67. The molecular weight excluding hydrogens is 231 g/mol. The lowest BCUT2D eigenvalue weighted by atomic mass is 10.2. The Bertz CT molecular complexity index is 409. The van der Waals surface area contributed by atoms with E-state index in [0.717, 1.165) is 0 Å². The Balaban J connectivity index is 2.77. The summed E-state index contributed by atoms with van der Waals surface area (Å²) in [5.74, 6) is -1.13. The molecule has 1 rings (SSSR count). The SMILES string of the molecule is C=CCC(N)C(=O)Nc1cccc(Cl)c1F. The standard InChI is InChI=1S/C11H12ClFN2O/c1-2-4-8(14)11(16)15-9-6-3-5-7(12)10(9)13/h2-3,5-6,8H,1,4,14H2,(H,15,16). The van der Waals surface area contributed by atoms with E-state index < -0.39 is 17.8 Å². The molecule has 0 heterocycles. The normalized spacial score (nSPS) is 11.9. The molecule has 0 fully saturated rings. The van der Waals surface area contributed by atoms with Crippen LogP contribution in [0.25, 0.3) is 0 Å². The monoisotopic (exact) mass is 242 g/mol. The lowest BCUT2D eigenvalue weighted by molar-refractivity contribution is -0.117. The van der Waals surface area contributed by atoms with Crippen LogP contribution in [0.15, 0.2) is 30.9 Å². The van der Waals surface area contributed by atoms with E-state index in [2.05, 4.69) is 11.9 Å². The molecule has 16 heavy (non-hydrogen) atoms. The van der Waals surface area contributed by atoms with Crippen molar-refractivity contribution in [1.82, 2.24) is 0 Å². The fourth-order valence-corrected chi connectivity index (χ4v) is 1.29. The highest BCUT2D eigenvalue weighted by molar-refractivity contribution is 6.31. The molecule has 86 valence electrons. The van der Waals surface area contributed by atoms with Crippen LogP contribution in [0, 0.1) is 5.82 Å². The van der Waals surface area contributed by atoms with Crippen LogP contribution in [0.4, 0.5) is 10.1 Å². The Hall–Kier alpha value is -1.39. The predicted molar refractivity (Wildman–Crippen MR) is 62.8 cm³/mol. The van der Waals surface area contributed by atoms with Gasteiger partial charge in [-0.1, -0.05) is 23.7 Å². The minimum atomic E-state index is -0.740. The summed E-state index contributed by atoms with van der Waals surface area (Å²) in [6.07, 6.45) is 1.85. The number of rotatable bonds is 4. The molecule has 0 aliphatic carbocycles. The molecule has 0 spiro atoms. The second-order valence-electron chi connectivity index (χ2n) is 3.22. The number of amides is 1. The molecule has 1 unspecified atom stereocenters.